The summed E-state index contributed by atoms with van der Waals surface area (Å²) in [5, 5.41) is 10.6. The van der Waals surface area contributed by atoms with Crippen LogP contribution in [0.1, 0.15) is 24.2 Å². The molecule has 23 heavy (non-hydrogen) atoms. The molecule has 2 rings (SSSR count). The summed E-state index contributed by atoms with van der Waals surface area (Å²) in [6.45, 7) is 11.3. The normalized spacial score (nSPS) is 18.1. The number of methoxy groups -OCH3 is 1. The van der Waals surface area contributed by atoms with Crippen LogP contribution in [0, 0.1) is 6.92 Å². The summed E-state index contributed by atoms with van der Waals surface area (Å²) < 4.78 is 10.8. The van der Waals surface area contributed by atoms with Crippen LogP contribution in [-0.2, 0) is 4.74 Å². The van der Waals surface area contributed by atoms with E-state index in [4.69, 9.17) is 9.47 Å². The Hall–Kier alpha value is -1.14. The van der Waals surface area contributed by atoms with Crippen LogP contribution >= 0.6 is 0 Å². The molecular weight excluding hydrogens is 292 g/mol. The van der Waals surface area contributed by atoms with Crippen molar-refractivity contribution in [3.05, 3.63) is 29.3 Å². The Balaban J connectivity index is 1.83. The lowest BCUT2D eigenvalue weighted by molar-refractivity contribution is 0.0543. The monoisotopic (exact) mass is 322 g/mol. The van der Waals surface area contributed by atoms with Gasteiger partial charge in [-0.2, -0.15) is 0 Å². The van der Waals surface area contributed by atoms with Crippen LogP contribution in [-0.4, -0.2) is 74.5 Å². The molecule has 0 aromatic heterocycles. The predicted molar refractivity (Wildman–Crippen MR) is 92.1 cm³/mol. The van der Waals surface area contributed by atoms with Gasteiger partial charge in [0.05, 0.1) is 19.8 Å². The Bertz CT molecular complexity index is 473. The maximum Gasteiger partial charge on any atom is 0.124 e. The molecule has 5 heteroatoms. The van der Waals surface area contributed by atoms with E-state index >= 15 is 0 Å². The van der Waals surface area contributed by atoms with Crippen molar-refractivity contribution >= 4 is 0 Å². The fourth-order valence-electron chi connectivity index (χ4n) is 2.99. The summed E-state index contributed by atoms with van der Waals surface area (Å²) in [4.78, 5) is 4.75. The van der Waals surface area contributed by atoms with Crippen molar-refractivity contribution in [2.45, 2.75) is 20.0 Å². The molecule has 0 amide bonds. The van der Waals surface area contributed by atoms with E-state index in [1.54, 1.807) is 7.11 Å². The van der Waals surface area contributed by atoms with E-state index in [1.165, 1.54) is 0 Å². The lowest BCUT2D eigenvalue weighted by Gasteiger charge is -2.35. The summed E-state index contributed by atoms with van der Waals surface area (Å²) >= 11 is 0. The number of nitrogens with zero attached hydrogens (tertiary/aromatic N) is 2. The first kappa shape index (κ1) is 18.2. The minimum absolute atomic E-state index is 0.514. The van der Waals surface area contributed by atoms with Gasteiger partial charge in [0, 0.05) is 51.4 Å². The van der Waals surface area contributed by atoms with Gasteiger partial charge < -0.3 is 14.6 Å². The molecule has 1 atom stereocenters. The molecule has 0 bridgehead atoms. The number of ether oxygens (including phenoxy) is 2. The van der Waals surface area contributed by atoms with Crippen molar-refractivity contribution in [1.29, 1.82) is 0 Å². The van der Waals surface area contributed by atoms with E-state index in [0.29, 0.717) is 6.54 Å². The van der Waals surface area contributed by atoms with Gasteiger partial charge in [-0.05, 0) is 26.0 Å². The molecule has 1 aliphatic rings. The first-order valence-corrected chi connectivity index (χ1v) is 8.49. The number of piperazine rings is 1. The highest BCUT2D eigenvalue weighted by molar-refractivity contribution is 5.38. The average Bonchev–Trinajstić information content (AvgIpc) is 2.56. The average molecular weight is 322 g/mol. The highest BCUT2D eigenvalue weighted by atomic mass is 16.5. The van der Waals surface area contributed by atoms with E-state index < -0.39 is 6.10 Å². The molecule has 0 aliphatic carbocycles. The van der Waals surface area contributed by atoms with Crippen molar-refractivity contribution in [3.8, 4) is 5.75 Å². The van der Waals surface area contributed by atoms with Crippen LogP contribution in [0.4, 0.5) is 0 Å². The standard InChI is InChI=1S/C18H30N2O3/c1-4-23-12-11-19-7-9-20(10-8-19)14-17(21)16-13-15(2)5-6-18(16)22-3/h5-6,13,17,21H,4,7-12,14H2,1-3H3/t17-/m1/s1. The van der Waals surface area contributed by atoms with Gasteiger partial charge in [-0.3, -0.25) is 9.80 Å². The SMILES string of the molecule is CCOCCN1CCN(C[C@@H](O)c2cc(C)ccc2OC)CC1. The van der Waals surface area contributed by atoms with Gasteiger partial charge in [-0.1, -0.05) is 11.6 Å². The second kappa shape index (κ2) is 9.23. The fourth-order valence-corrected chi connectivity index (χ4v) is 2.99. The molecule has 1 aliphatic heterocycles. The molecule has 130 valence electrons. The van der Waals surface area contributed by atoms with Gasteiger partial charge in [0.2, 0.25) is 0 Å². The van der Waals surface area contributed by atoms with Gasteiger partial charge in [0.15, 0.2) is 0 Å². The van der Waals surface area contributed by atoms with Crippen LogP contribution in [0.25, 0.3) is 0 Å². The van der Waals surface area contributed by atoms with Crippen LogP contribution in [0.5, 0.6) is 5.75 Å². The summed E-state index contributed by atoms with van der Waals surface area (Å²) in [6.07, 6.45) is -0.514. The predicted octanol–water partition coefficient (Wildman–Crippen LogP) is 1.69. The van der Waals surface area contributed by atoms with Crippen LogP contribution in [0.3, 0.4) is 0 Å². The Kier molecular flexibility index (Phi) is 7.30. The second-order valence-corrected chi connectivity index (χ2v) is 6.10. The number of benzene rings is 1. The van der Waals surface area contributed by atoms with Gasteiger partial charge in [-0.25, -0.2) is 0 Å². The third kappa shape index (κ3) is 5.46. The lowest BCUT2D eigenvalue weighted by atomic mass is 10.0. The van der Waals surface area contributed by atoms with Crippen molar-refractivity contribution in [1.82, 2.24) is 9.80 Å². The van der Waals surface area contributed by atoms with Gasteiger partial charge in [0.25, 0.3) is 0 Å². The quantitative estimate of drug-likeness (QED) is 0.738. The summed E-state index contributed by atoms with van der Waals surface area (Å²) in [7, 11) is 1.65. The first-order valence-electron chi connectivity index (χ1n) is 8.49. The lowest BCUT2D eigenvalue weighted by Crippen LogP contribution is -2.48. The molecule has 0 spiro atoms. The number of hydrogen-bond donors (Lipinski definition) is 1. The molecule has 1 N–H and O–H groups in total. The van der Waals surface area contributed by atoms with Crippen molar-refractivity contribution in [2.75, 3.05) is 59.6 Å². The minimum Gasteiger partial charge on any atom is -0.496 e. The zero-order valence-electron chi connectivity index (χ0n) is 14.6. The topological polar surface area (TPSA) is 45.2 Å². The van der Waals surface area contributed by atoms with E-state index in [0.717, 1.165) is 62.8 Å². The Morgan fingerprint density at radius 3 is 2.52 bits per heavy atom. The molecule has 1 aromatic carbocycles. The smallest absolute Gasteiger partial charge is 0.124 e. The highest BCUT2D eigenvalue weighted by Gasteiger charge is 2.21. The molecule has 1 fully saturated rings. The molecule has 0 radical (unpaired) electrons. The van der Waals surface area contributed by atoms with Crippen LogP contribution in [0.15, 0.2) is 18.2 Å². The molecular formula is C18H30N2O3. The maximum atomic E-state index is 10.6. The van der Waals surface area contributed by atoms with Crippen molar-refractivity contribution in [3.63, 3.8) is 0 Å². The summed E-state index contributed by atoms with van der Waals surface area (Å²) in [6, 6.07) is 5.95. The summed E-state index contributed by atoms with van der Waals surface area (Å²) in [5.74, 6) is 0.762. The maximum absolute atomic E-state index is 10.6. The van der Waals surface area contributed by atoms with E-state index in [9.17, 15) is 5.11 Å². The highest BCUT2D eigenvalue weighted by Crippen LogP contribution is 2.27. The van der Waals surface area contributed by atoms with Gasteiger partial charge >= 0.3 is 0 Å². The number of aliphatic hydroxyl groups excluding tert-OH is 1. The minimum atomic E-state index is -0.514. The Morgan fingerprint density at radius 1 is 1.17 bits per heavy atom. The third-order valence-corrected chi connectivity index (χ3v) is 4.40. The number of aliphatic hydroxyl groups is 1. The van der Waals surface area contributed by atoms with E-state index in [1.807, 2.05) is 32.0 Å². The van der Waals surface area contributed by atoms with E-state index in [2.05, 4.69) is 9.80 Å². The third-order valence-electron chi connectivity index (χ3n) is 4.40. The first-order chi connectivity index (χ1) is 11.1. The number of aryl methyl sites for hydroxylation is 1. The molecule has 1 heterocycles. The number of rotatable bonds is 8. The molecule has 5 nitrogen and oxygen atoms in total. The van der Waals surface area contributed by atoms with Gasteiger partial charge in [0.1, 0.15) is 5.75 Å². The number of hydrogen-bond acceptors (Lipinski definition) is 5. The molecule has 0 unspecified atom stereocenters. The van der Waals surface area contributed by atoms with Crippen molar-refractivity contribution < 1.29 is 14.6 Å². The Morgan fingerprint density at radius 2 is 1.87 bits per heavy atom. The zero-order valence-corrected chi connectivity index (χ0v) is 14.6. The molecule has 1 saturated heterocycles. The second-order valence-electron chi connectivity index (χ2n) is 6.10. The van der Waals surface area contributed by atoms with Crippen molar-refractivity contribution in [2.24, 2.45) is 0 Å². The van der Waals surface area contributed by atoms with E-state index in [-0.39, 0.29) is 0 Å². The van der Waals surface area contributed by atoms with Crippen LogP contribution in [0.2, 0.25) is 0 Å². The largest absolute Gasteiger partial charge is 0.496 e. The van der Waals surface area contributed by atoms with Gasteiger partial charge in [-0.15, -0.1) is 0 Å². The van der Waals surface area contributed by atoms with Crippen LogP contribution < -0.4 is 4.74 Å². The number of β-amino-alcohol motifs (C(OH)–C–C–N with tert-alkyl or cyclic N) is 1. The molecule has 1 aromatic rings. The fraction of sp³-hybridized carbons (Fsp3) is 0.667. The zero-order chi connectivity index (χ0) is 16.7. The summed E-state index contributed by atoms with van der Waals surface area (Å²) in [5.41, 5.74) is 2.02. The Labute approximate surface area is 139 Å². The molecule has 0 saturated carbocycles.